The first-order valence-electron chi connectivity index (χ1n) is 5.74. The van der Waals surface area contributed by atoms with Crippen molar-refractivity contribution in [1.29, 1.82) is 0 Å². The normalized spacial score (nSPS) is 16.5. The third kappa shape index (κ3) is 3.65. The fourth-order valence-electron chi connectivity index (χ4n) is 1.69. The van der Waals surface area contributed by atoms with Crippen molar-refractivity contribution >= 4 is 0 Å². The van der Waals surface area contributed by atoms with Crippen molar-refractivity contribution in [2.45, 2.75) is 6.42 Å². The lowest BCUT2D eigenvalue weighted by atomic mass is 10.3. The van der Waals surface area contributed by atoms with E-state index in [4.69, 9.17) is 0 Å². The second-order valence-corrected chi connectivity index (χ2v) is 3.88. The first-order chi connectivity index (χ1) is 7.95. The fourth-order valence-corrected chi connectivity index (χ4v) is 1.69. The average Bonchev–Trinajstić information content (AvgIpc) is 2.37. The number of piperazine rings is 1. The summed E-state index contributed by atoms with van der Waals surface area (Å²) in [6.07, 6.45) is 2.57. The van der Waals surface area contributed by atoms with Gasteiger partial charge >= 0.3 is 0 Å². The van der Waals surface area contributed by atoms with Crippen LogP contribution in [0.2, 0.25) is 0 Å². The Labute approximate surface area is 96.9 Å². The highest BCUT2D eigenvalue weighted by atomic mass is 15.2. The number of aromatic nitrogens is 1. The molecule has 0 aliphatic carbocycles. The van der Waals surface area contributed by atoms with Gasteiger partial charge in [0.25, 0.3) is 0 Å². The van der Waals surface area contributed by atoms with Gasteiger partial charge in [-0.05, 0) is 12.1 Å². The predicted octanol–water partition coefficient (Wildman–Crippen LogP) is 0.533. The van der Waals surface area contributed by atoms with Crippen molar-refractivity contribution < 1.29 is 0 Å². The highest BCUT2D eigenvalue weighted by Gasteiger charge is 2.06. The van der Waals surface area contributed by atoms with Crippen LogP contribution in [0.1, 0.15) is 5.69 Å². The maximum atomic E-state index is 4.24. The van der Waals surface area contributed by atoms with Gasteiger partial charge in [0.05, 0.1) is 18.7 Å². The molecule has 1 fully saturated rings. The van der Waals surface area contributed by atoms with E-state index in [0.29, 0.717) is 0 Å². The van der Waals surface area contributed by atoms with Crippen molar-refractivity contribution in [3.63, 3.8) is 0 Å². The number of rotatable bonds is 2. The Balaban J connectivity index is 1.73. The smallest absolute Gasteiger partial charge is 0.0602 e. The van der Waals surface area contributed by atoms with Gasteiger partial charge in [0.15, 0.2) is 0 Å². The number of nitrogens with zero attached hydrogens (tertiary/aromatic N) is 2. The summed E-state index contributed by atoms with van der Waals surface area (Å²) >= 11 is 0. The Morgan fingerprint density at radius 3 is 2.88 bits per heavy atom. The van der Waals surface area contributed by atoms with E-state index in [2.05, 4.69) is 27.0 Å². The van der Waals surface area contributed by atoms with Crippen LogP contribution >= 0.6 is 0 Å². The minimum atomic E-state index is 0.757. The summed E-state index contributed by atoms with van der Waals surface area (Å²) in [5.41, 5.74) is 1.05. The molecule has 1 aliphatic heterocycles. The van der Waals surface area contributed by atoms with E-state index in [-0.39, 0.29) is 0 Å². The van der Waals surface area contributed by atoms with E-state index in [1.165, 1.54) is 0 Å². The zero-order valence-corrected chi connectivity index (χ0v) is 9.45. The molecule has 3 heteroatoms. The van der Waals surface area contributed by atoms with Gasteiger partial charge in [-0.3, -0.25) is 9.88 Å². The highest BCUT2D eigenvalue weighted by molar-refractivity contribution is 5.13. The highest BCUT2D eigenvalue weighted by Crippen LogP contribution is 1.93. The molecule has 1 aromatic heterocycles. The van der Waals surface area contributed by atoms with Gasteiger partial charge in [0.1, 0.15) is 0 Å². The average molecular weight is 215 g/mol. The zero-order chi connectivity index (χ0) is 11.1. The van der Waals surface area contributed by atoms with Gasteiger partial charge in [-0.1, -0.05) is 17.9 Å². The quantitative estimate of drug-likeness (QED) is 0.730. The van der Waals surface area contributed by atoms with Crippen LogP contribution in [0, 0.1) is 11.8 Å². The molecule has 0 unspecified atom stereocenters. The van der Waals surface area contributed by atoms with Crippen molar-refractivity contribution in [3.05, 3.63) is 30.1 Å². The van der Waals surface area contributed by atoms with Crippen LogP contribution in [0.5, 0.6) is 0 Å². The molecule has 2 heterocycles. The lowest BCUT2D eigenvalue weighted by Gasteiger charge is -2.24. The summed E-state index contributed by atoms with van der Waals surface area (Å²) in [5, 5.41) is 3.33. The molecule has 0 saturated carbocycles. The van der Waals surface area contributed by atoms with E-state index in [1.807, 2.05) is 24.4 Å². The molecule has 0 bridgehead atoms. The van der Waals surface area contributed by atoms with Crippen molar-refractivity contribution in [2.75, 3.05) is 32.7 Å². The summed E-state index contributed by atoms with van der Waals surface area (Å²) in [6.45, 7) is 5.27. The summed E-state index contributed by atoms with van der Waals surface area (Å²) in [5.74, 6) is 6.39. The summed E-state index contributed by atoms with van der Waals surface area (Å²) < 4.78 is 0. The molecule has 1 aliphatic rings. The molecule has 0 spiro atoms. The molecule has 0 atom stereocenters. The first-order valence-corrected chi connectivity index (χ1v) is 5.74. The van der Waals surface area contributed by atoms with Gasteiger partial charge < -0.3 is 5.32 Å². The molecule has 3 nitrogen and oxygen atoms in total. The fraction of sp³-hybridized carbons (Fsp3) is 0.462. The van der Waals surface area contributed by atoms with Gasteiger partial charge in [-0.2, -0.15) is 0 Å². The molecule has 0 aromatic carbocycles. The molecular weight excluding hydrogens is 198 g/mol. The van der Waals surface area contributed by atoms with Crippen LogP contribution in [0.25, 0.3) is 0 Å². The van der Waals surface area contributed by atoms with Crippen LogP contribution in [0.15, 0.2) is 24.4 Å². The first kappa shape index (κ1) is 11.1. The summed E-state index contributed by atoms with van der Waals surface area (Å²) in [4.78, 5) is 6.61. The van der Waals surface area contributed by atoms with Crippen molar-refractivity contribution in [2.24, 2.45) is 0 Å². The van der Waals surface area contributed by atoms with Crippen molar-refractivity contribution in [1.82, 2.24) is 15.2 Å². The monoisotopic (exact) mass is 215 g/mol. The molecule has 16 heavy (non-hydrogen) atoms. The zero-order valence-electron chi connectivity index (χ0n) is 9.45. The largest absolute Gasteiger partial charge is 0.314 e. The third-order valence-electron chi connectivity index (χ3n) is 2.63. The maximum absolute atomic E-state index is 4.24. The van der Waals surface area contributed by atoms with E-state index in [9.17, 15) is 0 Å². The van der Waals surface area contributed by atoms with Gasteiger partial charge in [-0.25, -0.2) is 0 Å². The Morgan fingerprint density at radius 2 is 2.12 bits per heavy atom. The molecule has 2 rings (SSSR count). The third-order valence-corrected chi connectivity index (χ3v) is 2.63. The maximum Gasteiger partial charge on any atom is 0.0602 e. The summed E-state index contributed by atoms with van der Waals surface area (Å²) in [6, 6.07) is 5.94. The van der Waals surface area contributed by atoms with Crippen molar-refractivity contribution in [3.8, 4) is 11.8 Å². The predicted molar refractivity (Wildman–Crippen MR) is 65.0 cm³/mol. The van der Waals surface area contributed by atoms with Gasteiger partial charge in [-0.15, -0.1) is 0 Å². The van der Waals surface area contributed by atoms with Crippen LogP contribution in [-0.2, 0) is 6.42 Å². The van der Waals surface area contributed by atoms with Crippen LogP contribution < -0.4 is 5.32 Å². The number of hydrogen-bond acceptors (Lipinski definition) is 3. The van der Waals surface area contributed by atoms with E-state index in [1.54, 1.807) is 0 Å². The van der Waals surface area contributed by atoms with E-state index < -0.39 is 0 Å². The second-order valence-electron chi connectivity index (χ2n) is 3.88. The Morgan fingerprint density at radius 1 is 1.25 bits per heavy atom. The van der Waals surface area contributed by atoms with E-state index in [0.717, 1.165) is 44.8 Å². The number of pyridine rings is 1. The van der Waals surface area contributed by atoms with Gasteiger partial charge in [0.2, 0.25) is 0 Å². The minimum Gasteiger partial charge on any atom is -0.314 e. The Hall–Kier alpha value is -1.37. The lowest BCUT2D eigenvalue weighted by molar-refractivity contribution is 0.268. The van der Waals surface area contributed by atoms with Crippen LogP contribution in [0.4, 0.5) is 0 Å². The molecular formula is C13H17N3. The molecule has 1 saturated heterocycles. The van der Waals surface area contributed by atoms with Crippen LogP contribution in [-0.4, -0.2) is 42.6 Å². The molecule has 0 radical (unpaired) electrons. The summed E-state index contributed by atoms with van der Waals surface area (Å²) in [7, 11) is 0. The molecule has 0 amide bonds. The lowest BCUT2D eigenvalue weighted by Crippen LogP contribution is -2.43. The molecule has 84 valence electrons. The Kier molecular flexibility index (Phi) is 4.36. The molecule has 1 N–H and O–H groups in total. The SMILES string of the molecule is C(#CCN1CCNCC1)Cc1ccccn1. The van der Waals surface area contributed by atoms with Gasteiger partial charge in [0, 0.05) is 32.4 Å². The molecule has 1 aromatic rings. The standard InChI is InChI=1S/C13H17N3/c1-3-7-15-13(5-1)6-2-4-10-16-11-8-14-9-12-16/h1,3,5,7,14H,6,8-12H2. The van der Waals surface area contributed by atoms with Crippen LogP contribution in [0.3, 0.4) is 0 Å². The number of hydrogen-bond donors (Lipinski definition) is 1. The Bertz CT molecular complexity index is 358. The topological polar surface area (TPSA) is 28.2 Å². The van der Waals surface area contributed by atoms with E-state index >= 15 is 0 Å². The number of nitrogens with one attached hydrogen (secondary N) is 1. The minimum absolute atomic E-state index is 0.757. The second kappa shape index (κ2) is 6.26.